The highest BCUT2D eigenvalue weighted by molar-refractivity contribution is 6.31. The maximum absolute atomic E-state index is 6.07. The number of halogens is 1. The van der Waals surface area contributed by atoms with Crippen molar-refractivity contribution in [1.82, 2.24) is 9.88 Å². The van der Waals surface area contributed by atoms with Gasteiger partial charge in [-0.1, -0.05) is 31.5 Å². The Labute approximate surface area is 114 Å². The van der Waals surface area contributed by atoms with Gasteiger partial charge >= 0.3 is 0 Å². The maximum Gasteiger partial charge on any atom is 0.0498 e. The molecule has 0 amide bonds. The summed E-state index contributed by atoms with van der Waals surface area (Å²) in [7, 11) is 0. The molecule has 0 aliphatic rings. The molecule has 0 spiro atoms. The van der Waals surface area contributed by atoms with Crippen LogP contribution in [-0.4, -0.2) is 17.7 Å². The first kappa shape index (κ1) is 13.4. The Bertz CT molecular complexity index is 516. The van der Waals surface area contributed by atoms with Crippen LogP contribution in [0.3, 0.4) is 0 Å². The zero-order valence-corrected chi connectivity index (χ0v) is 12.0. The van der Waals surface area contributed by atoms with Crippen LogP contribution in [0.4, 0.5) is 0 Å². The summed E-state index contributed by atoms with van der Waals surface area (Å²) in [6.07, 6.45) is 2.14. The van der Waals surface area contributed by atoms with Crippen LogP contribution in [0.25, 0.3) is 10.9 Å². The third-order valence-corrected chi connectivity index (χ3v) is 3.39. The van der Waals surface area contributed by atoms with E-state index in [-0.39, 0.29) is 0 Å². The van der Waals surface area contributed by atoms with Gasteiger partial charge < -0.3 is 9.88 Å². The van der Waals surface area contributed by atoms with Crippen molar-refractivity contribution in [3.8, 4) is 0 Å². The average molecular weight is 265 g/mol. The second-order valence-corrected chi connectivity index (χ2v) is 5.76. The first-order valence-electron chi connectivity index (χ1n) is 6.54. The Balaban J connectivity index is 2.12. The molecular formula is C15H21ClN2. The van der Waals surface area contributed by atoms with Crippen molar-refractivity contribution in [2.24, 2.45) is 5.92 Å². The number of benzene rings is 1. The molecule has 98 valence electrons. The molecule has 0 radical (unpaired) electrons. The molecule has 1 atom stereocenters. The van der Waals surface area contributed by atoms with Crippen LogP contribution in [-0.2, 0) is 0 Å². The van der Waals surface area contributed by atoms with E-state index < -0.39 is 0 Å². The predicted octanol–water partition coefficient (Wildman–Crippen LogP) is 4.10. The normalized spacial score (nSPS) is 13.4. The molecule has 1 unspecified atom stereocenters. The molecule has 0 saturated heterocycles. The van der Waals surface area contributed by atoms with E-state index >= 15 is 0 Å². The van der Waals surface area contributed by atoms with Gasteiger partial charge in [-0.15, -0.1) is 0 Å². The highest BCUT2D eigenvalue weighted by Crippen LogP contribution is 2.23. The molecule has 0 bridgehead atoms. The third kappa shape index (κ3) is 3.06. The number of rotatable bonds is 5. The van der Waals surface area contributed by atoms with Crippen LogP contribution in [0.1, 0.15) is 26.8 Å². The zero-order valence-electron chi connectivity index (χ0n) is 11.3. The minimum atomic E-state index is 0.430. The van der Waals surface area contributed by atoms with Gasteiger partial charge in [0.05, 0.1) is 0 Å². The van der Waals surface area contributed by atoms with E-state index in [1.165, 1.54) is 10.9 Å². The smallest absolute Gasteiger partial charge is 0.0498 e. The van der Waals surface area contributed by atoms with Crippen molar-refractivity contribution >= 4 is 22.5 Å². The maximum atomic E-state index is 6.07. The van der Waals surface area contributed by atoms with Crippen molar-refractivity contribution < 1.29 is 0 Å². The highest BCUT2D eigenvalue weighted by Gasteiger charge is 2.08. The Kier molecular flexibility index (Phi) is 4.31. The summed E-state index contributed by atoms with van der Waals surface area (Å²) >= 11 is 6.07. The van der Waals surface area contributed by atoms with Crippen LogP contribution >= 0.6 is 11.6 Å². The predicted molar refractivity (Wildman–Crippen MR) is 79.4 cm³/mol. The average Bonchev–Trinajstić information content (AvgIpc) is 2.71. The van der Waals surface area contributed by atoms with Crippen molar-refractivity contribution in [1.29, 1.82) is 0 Å². The summed E-state index contributed by atoms with van der Waals surface area (Å²) in [4.78, 5) is 0. The quantitative estimate of drug-likeness (QED) is 0.860. The molecule has 0 aliphatic carbocycles. The molecule has 0 aliphatic heterocycles. The van der Waals surface area contributed by atoms with Gasteiger partial charge in [-0.3, -0.25) is 0 Å². The van der Waals surface area contributed by atoms with Gasteiger partial charge in [0, 0.05) is 29.3 Å². The molecular weight excluding hydrogens is 244 g/mol. The van der Waals surface area contributed by atoms with Crippen LogP contribution in [0, 0.1) is 5.92 Å². The molecule has 2 nitrogen and oxygen atoms in total. The fourth-order valence-electron chi connectivity index (χ4n) is 2.19. The Morgan fingerprint density at radius 2 is 1.94 bits per heavy atom. The molecule has 0 fully saturated rings. The zero-order chi connectivity index (χ0) is 13.1. The van der Waals surface area contributed by atoms with E-state index in [9.17, 15) is 0 Å². The van der Waals surface area contributed by atoms with E-state index in [0.717, 1.165) is 18.1 Å². The fraction of sp³-hybridized carbons (Fsp3) is 0.467. The number of fused-ring (bicyclic) bond motifs is 1. The SMILES string of the molecule is CC(C)CNCC(C)n1ccc2ccc(Cl)cc21. The summed E-state index contributed by atoms with van der Waals surface area (Å²) in [6.45, 7) is 8.72. The third-order valence-electron chi connectivity index (χ3n) is 3.15. The molecule has 18 heavy (non-hydrogen) atoms. The van der Waals surface area contributed by atoms with E-state index in [2.05, 4.69) is 49.0 Å². The van der Waals surface area contributed by atoms with Crippen LogP contribution in [0.5, 0.6) is 0 Å². The van der Waals surface area contributed by atoms with Crippen LogP contribution in [0.15, 0.2) is 30.5 Å². The lowest BCUT2D eigenvalue weighted by atomic mass is 10.2. The minimum Gasteiger partial charge on any atom is -0.343 e. The molecule has 1 aromatic heterocycles. The highest BCUT2D eigenvalue weighted by atomic mass is 35.5. The van der Waals surface area contributed by atoms with Crippen molar-refractivity contribution in [2.75, 3.05) is 13.1 Å². The number of hydrogen-bond donors (Lipinski definition) is 1. The number of nitrogens with one attached hydrogen (secondary N) is 1. The van der Waals surface area contributed by atoms with E-state index in [4.69, 9.17) is 11.6 Å². The number of nitrogens with zero attached hydrogens (tertiary/aromatic N) is 1. The molecule has 1 aromatic carbocycles. The van der Waals surface area contributed by atoms with Crippen molar-refractivity contribution in [3.63, 3.8) is 0 Å². The molecule has 2 rings (SSSR count). The van der Waals surface area contributed by atoms with Crippen molar-refractivity contribution in [2.45, 2.75) is 26.8 Å². The second kappa shape index (κ2) is 5.77. The Hall–Kier alpha value is -0.990. The molecule has 0 saturated carbocycles. The lowest BCUT2D eigenvalue weighted by Gasteiger charge is -2.17. The second-order valence-electron chi connectivity index (χ2n) is 5.33. The summed E-state index contributed by atoms with van der Waals surface area (Å²) in [5.74, 6) is 0.688. The van der Waals surface area contributed by atoms with Gasteiger partial charge in [-0.05, 0) is 43.0 Å². The van der Waals surface area contributed by atoms with Gasteiger partial charge in [0.15, 0.2) is 0 Å². The van der Waals surface area contributed by atoms with Crippen molar-refractivity contribution in [3.05, 3.63) is 35.5 Å². The standard InChI is InChI=1S/C15H21ClN2/c1-11(2)9-17-10-12(3)18-7-6-13-4-5-14(16)8-15(13)18/h4-8,11-12,17H,9-10H2,1-3H3. The lowest BCUT2D eigenvalue weighted by Crippen LogP contribution is -2.26. The summed E-state index contributed by atoms with van der Waals surface area (Å²) < 4.78 is 2.29. The topological polar surface area (TPSA) is 17.0 Å². The molecule has 3 heteroatoms. The van der Waals surface area contributed by atoms with E-state index in [1.54, 1.807) is 0 Å². The van der Waals surface area contributed by atoms with Crippen LogP contribution < -0.4 is 5.32 Å². The number of aromatic nitrogens is 1. The largest absolute Gasteiger partial charge is 0.343 e. The van der Waals surface area contributed by atoms with Gasteiger partial charge in [0.2, 0.25) is 0 Å². The lowest BCUT2D eigenvalue weighted by molar-refractivity contribution is 0.472. The Morgan fingerprint density at radius 3 is 2.67 bits per heavy atom. The van der Waals surface area contributed by atoms with E-state index in [0.29, 0.717) is 12.0 Å². The summed E-state index contributed by atoms with van der Waals surface area (Å²) in [5, 5.41) is 5.54. The Morgan fingerprint density at radius 1 is 1.17 bits per heavy atom. The minimum absolute atomic E-state index is 0.430. The van der Waals surface area contributed by atoms with Gasteiger partial charge in [-0.2, -0.15) is 0 Å². The van der Waals surface area contributed by atoms with E-state index in [1.807, 2.05) is 12.1 Å². The number of hydrogen-bond acceptors (Lipinski definition) is 1. The van der Waals surface area contributed by atoms with Gasteiger partial charge in [0.1, 0.15) is 0 Å². The molecule has 1 heterocycles. The fourth-order valence-corrected chi connectivity index (χ4v) is 2.35. The molecule has 1 N–H and O–H groups in total. The first-order valence-corrected chi connectivity index (χ1v) is 6.92. The first-order chi connectivity index (χ1) is 8.58. The summed E-state index contributed by atoms with van der Waals surface area (Å²) in [6, 6.07) is 8.62. The summed E-state index contributed by atoms with van der Waals surface area (Å²) in [5.41, 5.74) is 1.21. The van der Waals surface area contributed by atoms with Gasteiger partial charge in [-0.25, -0.2) is 0 Å². The monoisotopic (exact) mass is 264 g/mol. The van der Waals surface area contributed by atoms with Gasteiger partial charge in [0.25, 0.3) is 0 Å². The van der Waals surface area contributed by atoms with Crippen LogP contribution in [0.2, 0.25) is 5.02 Å². The molecule has 2 aromatic rings.